The second-order valence-corrected chi connectivity index (χ2v) is 5.29. The fourth-order valence-corrected chi connectivity index (χ4v) is 2.48. The Morgan fingerprint density at radius 2 is 2.29 bits per heavy atom. The van der Waals surface area contributed by atoms with Gasteiger partial charge in [-0.2, -0.15) is 4.57 Å². The van der Waals surface area contributed by atoms with Gasteiger partial charge in [0.15, 0.2) is 18.5 Å². The summed E-state index contributed by atoms with van der Waals surface area (Å²) < 4.78 is 13.0. The van der Waals surface area contributed by atoms with E-state index in [0.29, 0.717) is 25.0 Å². The monoisotopic (exact) mass is 400 g/mol. The summed E-state index contributed by atoms with van der Waals surface area (Å²) in [6, 6.07) is 3.23. The van der Waals surface area contributed by atoms with Gasteiger partial charge in [-0.3, -0.25) is 4.79 Å². The zero-order chi connectivity index (χ0) is 16.8. The molecule has 1 aliphatic heterocycles. The van der Waals surface area contributed by atoms with Gasteiger partial charge in [0.2, 0.25) is 0 Å². The Morgan fingerprint density at radius 3 is 2.92 bits per heavy atom. The first-order valence-corrected chi connectivity index (χ1v) is 7.38. The van der Waals surface area contributed by atoms with Crippen LogP contribution in [-0.4, -0.2) is 47.6 Å². The number of aliphatic hydroxyl groups excluding tert-OH is 2. The Bertz CT molecular complexity index is 592. The van der Waals surface area contributed by atoms with Crippen LogP contribution in [0.25, 0.3) is 0 Å². The van der Waals surface area contributed by atoms with Gasteiger partial charge >= 0.3 is 0 Å². The molecule has 132 valence electrons. The number of aromatic nitrogens is 1. The minimum Gasteiger partial charge on any atom is -1.00 e. The number of hydrogen-bond acceptors (Lipinski definition) is 5. The van der Waals surface area contributed by atoms with Gasteiger partial charge in [-0.15, -0.1) is 12.3 Å². The van der Waals surface area contributed by atoms with Gasteiger partial charge in [0.1, 0.15) is 17.8 Å². The summed E-state index contributed by atoms with van der Waals surface area (Å²) >= 11 is 0. The van der Waals surface area contributed by atoms with Crippen LogP contribution in [0.1, 0.15) is 29.4 Å². The number of ether oxygens (including phenoxy) is 2. The molecule has 1 aliphatic rings. The van der Waals surface area contributed by atoms with Crippen LogP contribution in [0.2, 0.25) is 0 Å². The molecule has 24 heavy (non-hydrogen) atoms. The summed E-state index contributed by atoms with van der Waals surface area (Å²) in [7, 11) is 0. The van der Waals surface area contributed by atoms with Gasteiger partial charge in [0.25, 0.3) is 12.1 Å². The van der Waals surface area contributed by atoms with Gasteiger partial charge in [0, 0.05) is 19.1 Å². The first kappa shape index (κ1) is 20.5. The molecule has 0 bridgehead atoms. The third-order valence-electron chi connectivity index (χ3n) is 3.67. The standard InChI is InChI=1S/C16H20N2O5.BrH/c1-2-3-4-8-22-14-13(20)12(10-19)23-16(14)18-7-5-6-11(9-18)15(17)21;/h1,5-7,9,12-14,16,19-20H,3-4,8,10H2,(H-,17,21);1H/t12-,13-,14-,16-;/m1./s1. The molecule has 2 heterocycles. The van der Waals surface area contributed by atoms with Gasteiger partial charge < -0.3 is 42.4 Å². The van der Waals surface area contributed by atoms with Crippen LogP contribution < -0.4 is 27.3 Å². The van der Waals surface area contributed by atoms with E-state index in [1.54, 1.807) is 22.9 Å². The van der Waals surface area contributed by atoms with Crippen LogP contribution in [0.4, 0.5) is 0 Å². The van der Waals surface area contributed by atoms with E-state index in [0.717, 1.165) is 0 Å². The molecule has 0 saturated carbocycles. The first-order valence-electron chi connectivity index (χ1n) is 7.38. The molecule has 0 radical (unpaired) electrons. The average molecular weight is 401 g/mol. The van der Waals surface area contributed by atoms with Gasteiger partial charge in [-0.25, -0.2) is 0 Å². The van der Waals surface area contributed by atoms with Gasteiger partial charge in [-0.05, 0) is 12.5 Å². The molecule has 0 unspecified atom stereocenters. The van der Waals surface area contributed by atoms with Crippen LogP contribution in [0.5, 0.6) is 0 Å². The molecular formula is C16H21BrN2O5. The number of unbranched alkanes of at least 4 members (excludes halogenated alkanes) is 1. The third-order valence-corrected chi connectivity index (χ3v) is 3.67. The lowest BCUT2D eigenvalue weighted by Gasteiger charge is -2.17. The number of rotatable bonds is 7. The fraction of sp³-hybridized carbons (Fsp3) is 0.500. The van der Waals surface area contributed by atoms with Crippen LogP contribution in [0.3, 0.4) is 0 Å². The van der Waals surface area contributed by atoms with E-state index < -0.39 is 30.4 Å². The molecule has 1 amide bonds. The van der Waals surface area contributed by atoms with Gasteiger partial charge in [0.05, 0.1) is 6.61 Å². The predicted molar refractivity (Wildman–Crippen MR) is 80.0 cm³/mol. The maximum atomic E-state index is 11.3. The maximum Gasteiger partial charge on any atom is 0.292 e. The summed E-state index contributed by atoms with van der Waals surface area (Å²) in [5.74, 6) is 1.95. The molecule has 8 heteroatoms. The maximum absolute atomic E-state index is 11.3. The minimum atomic E-state index is -0.986. The number of primary amides is 1. The van der Waals surface area contributed by atoms with E-state index in [1.807, 2.05) is 0 Å². The average Bonchev–Trinajstić information content (AvgIpc) is 2.88. The Hall–Kier alpha value is -1.50. The van der Waals surface area contributed by atoms with E-state index in [4.69, 9.17) is 21.6 Å². The first-order chi connectivity index (χ1) is 11.1. The molecular weight excluding hydrogens is 380 g/mol. The van der Waals surface area contributed by atoms with Crippen LogP contribution in [-0.2, 0) is 9.47 Å². The van der Waals surface area contributed by atoms with Crippen molar-refractivity contribution in [3.63, 3.8) is 0 Å². The smallest absolute Gasteiger partial charge is 0.292 e. The topological polar surface area (TPSA) is 106 Å². The third kappa shape index (κ3) is 4.75. The fourth-order valence-electron chi connectivity index (χ4n) is 2.48. The molecule has 1 aromatic rings. The quantitative estimate of drug-likeness (QED) is 0.246. The lowest BCUT2D eigenvalue weighted by molar-refractivity contribution is -0.766. The molecule has 1 aromatic heterocycles. The largest absolute Gasteiger partial charge is 1.00 e. The number of carbonyl (C=O) groups excluding carboxylic acids is 1. The zero-order valence-corrected chi connectivity index (χ0v) is 14.6. The number of pyridine rings is 1. The SMILES string of the molecule is C#CCCCO[C@@H]1[C@H](O)[C@@H](CO)O[C@H]1[n+]1cccc(C(N)=O)c1.[Br-]. The molecule has 7 nitrogen and oxygen atoms in total. The van der Waals surface area contributed by atoms with Crippen LogP contribution >= 0.6 is 0 Å². The van der Waals surface area contributed by atoms with Crippen molar-refractivity contribution >= 4 is 5.91 Å². The van der Waals surface area contributed by atoms with Crippen molar-refractivity contribution in [1.82, 2.24) is 0 Å². The number of nitrogens with two attached hydrogens (primary N) is 1. The number of nitrogens with zero attached hydrogens (tertiary/aromatic N) is 1. The Labute approximate surface area is 151 Å². The molecule has 4 N–H and O–H groups in total. The molecule has 4 atom stereocenters. The predicted octanol–water partition coefficient (Wildman–Crippen LogP) is -3.87. The molecule has 0 aromatic carbocycles. The number of terminal acetylenes is 1. The molecule has 0 spiro atoms. The van der Waals surface area contributed by atoms with Crippen molar-refractivity contribution in [3.05, 3.63) is 30.1 Å². The Kier molecular flexibility index (Phi) is 8.31. The van der Waals surface area contributed by atoms with Crippen molar-refractivity contribution < 1.29 is 46.0 Å². The normalized spacial score (nSPS) is 25.7. The zero-order valence-electron chi connectivity index (χ0n) is 13.0. The van der Waals surface area contributed by atoms with E-state index in [9.17, 15) is 15.0 Å². The number of carbonyl (C=O) groups is 1. The second-order valence-electron chi connectivity index (χ2n) is 5.29. The molecule has 1 saturated heterocycles. The highest BCUT2D eigenvalue weighted by Crippen LogP contribution is 2.28. The van der Waals surface area contributed by atoms with E-state index in [-0.39, 0.29) is 23.6 Å². The van der Waals surface area contributed by atoms with Crippen LogP contribution in [0, 0.1) is 12.3 Å². The summed E-state index contributed by atoms with van der Waals surface area (Å²) in [6.45, 7) is 0.0258. The lowest BCUT2D eigenvalue weighted by atomic mass is 10.1. The van der Waals surface area contributed by atoms with Crippen molar-refractivity contribution in [2.75, 3.05) is 13.2 Å². The Balaban J connectivity index is 0.00000288. The van der Waals surface area contributed by atoms with Crippen molar-refractivity contribution in [3.8, 4) is 12.3 Å². The molecule has 0 aliphatic carbocycles. The van der Waals surface area contributed by atoms with Crippen molar-refractivity contribution in [2.24, 2.45) is 5.73 Å². The highest BCUT2D eigenvalue weighted by molar-refractivity contribution is 5.92. The molecule has 1 fully saturated rings. The van der Waals surface area contributed by atoms with E-state index >= 15 is 0 Å². The van der Waals surface area contributed by atoms with Crippen LogP contribution in [0.15, 0.2) is 24.5 Å². The summed E-state index contributed by atoms with van der Waals surface area (Å²) in [6.07, 6.45) is 6.53. The highest BCUT2D eigenvalue weighted by atomic mass is 79.9. The summed E-state index contributed by atoms with van der Waals surface area (Å²) in [5, 5.41) is 19.6. The summed E-state index contributed by atoms with van der Waals surface area (Å²) in [5.41, 5.74) is 5.59. The second kappa shape index (κ2) is 9.71. The highest BCUT2D eigenvalue weighted by Gasteiger charge is 2.49. The molecule has 2 rings (SSSR count). The number of aliphatic hydroxyl groups is 2. The van der Waals surface area contributed by atoms with Crippen molar-refractivity contribution in [2.45, 2.75) is 37.4 Å². The number of hydrogen-bond donors (Lipinski definition) is 3. The van der Waals surface area contributed by atoms with E-state index in [2.05, 4.69) is 5.92 Å². The summed E-state index contributed by atoms with van der Waals surface area (Å²) in [4.78, 5) is 11.3. The number of halogens is 1. The Morgan fingerprint density at radius 1 is 1.54 bits per heavy atom. The van der Waals surface area contributed by atoms with Crippen molar-refractivity contribution in [1.29, 1.82) is 0 Å². The lowest BCUT2D eigenvalue weighted by Crippen LogP contribution is -3.00. The number of amides is 1. The van der Waals surface area contributed by atoms with Gasteiger partial charge in [-0.1, -0.05) is 0 Å². The minimum absolute atomic E-state index is 0. The van der Waals surface area contributed by atoms with E-state index in [1.165, 1.54) is 6.20 Å².